The number of carbonyl (C=O) groups excluding carboxylic acids is 4. The van der Waals surface area contributed by atoms with Crippen molar-refractivity contribution in [3.8, 4) is 0 Å². The minimum Gasteiger partial charge on any atom is -0.369 e. The van der Waals surface area contributed by atoms with E-state index in [1.807, 2.05) is 4.90 Å². The molecule has 0 bridgehead atoms. The molecule has 3 heterocycles. The van der Waals surface area contributed by atoms with Crippen LogP contribution in [0, 0.1) is 0 Å². The molecule has 2 saturated heterocycles. The lowest BCUT2D eigenvalue weighted by Crippen LogP contribution is -2.36. The minimum atomic E-state index is -4.55. The Morgan fingerprint density at radius 2 is 1.76 bits per heavy atom. The number of hydrogen-bond acceptors (Lipinski definition) is 7. The van der Waals surface area contributed by atoms with Gasteiger partial charge < -0.3 is 10.2 Å². The van der Waals surface area contributed by atoms with E-state index in [2.05, 4.69) is 10.6 Å². The summed E-state index contributed by atoms with van der Waals surface area (Å²) in [6, 6.07) is 10.2. The molecule has 3 aliphatic rings. The van der Waals surface area contributed by atoms with E-state index in [1.54, 1.807) is 24.3 Å². The van der Waals surface area contributed by atoms with Gasteiger partial charge in [-0.05, 0) is 73.1 Å². The number of amides is 4. The Labute approximate surface area is 220 Å². The second kappa shape index (κ2) is 10.3. The Morgan fingerprint density at radius 1 is 1.05 bits per heavy atom. The summed E-state index contributed by atoms with van der Waals surface area (Å²) in [6.45, 7) is 1.93. The number of thioether (sulfide) groups is 1. The van der Waals surface area contributed by atoms with E-state index < -0.39 is 22.9 Å². The van der Waals surface area contributed by atoms with E-state index in [1.165, 1.54) is 17.0 Å². The van der Waals surface area contributed by atoms with Crippen molar-refractivity contribution in [2.45, 2.75) is 25.1 Å². The summed E-state index contributed by atoms with van der Waals surface area (Å²) in [5.74, 6) is -1.22. The van der Waals surface area contributed by atoms with Gasteiger partial charge in [0.1, 0.15) is 0 Å². The van der Waals surface area contributed by atoms with E-state index in [0.29, 0.717) is 54.6 Å². The molecule has 38 heavy (non-hydrogen) atoms. The summed E-state index contributed by atoms with van der Waals surface area (Å²) >= 11 is 0.651. The predicted molar refractivity (Wildman–Crippen MR) is 136 cm³/mol. The van der Waals surface area contributed by atoms with E-state index in [0.717, 1.165) is 18.6 Å². The van der Waals surface area contributed by atoms with Gasteiger partial charge in [0.2, 0.25) is 0 Å². The molecule has 198 valence electrons. The summed E-state index contributed by atoms with van der Waals surface area (Å²) in [5.41, 5.74) is 0.728. The number of fused-ring (bicyclic) bond motifs is 1. The zero-order chi connectivity index (χ0) is 27.0. The zero-order valence-corrected chi connectivity index (χ0v) is 20.8. The second-order valence-electron chi connectivity index (χ2n) is 9.17. The van der Waals surface area contributed by atoms with Crippen LogP contribution in [0.4, 0.5) is 23.7 Å². The van der Waals surface area contributed by atoms with Gasteiger partial charge in [-0.2, -0.15) is 13.2 Å². The molecule has 2 aromatic carbocycles. The van der Waals surface area contributed by atoms with Gasteiger partial charge in [-0.15, -0.1) is 0 Å². The van der Waals surface area contributed by atoms with E-state index in [-0.39, 0.29) is 34.9 Å². The summed E-state index contributed by atoms with van der Waals surface area (Å²) < 4.78 is 40.1. The highest BCUT2D eigenvalue weighted by Gasteiger charge is 2.35. The number of halogens is 3. The topological polar surface area (TPSA) is 98.8 Å². The van der Waals surface area contributed by atoms with Gasteiger partial charge in [0, 0.05) is 31.4 Å². The number of benzene rings is 2. The molecule has 8 nitrogen and oxygen atoms in total. The largest absolute Gasteiger partial charge is 0.416 e. The number of imide groups is 2. The molecule has 12 heteroatoms. The van der Waals surface area contributed by atoms with Gasteiger partial charge in [-0.25, -0.2) is 0 Å². The third kappa shape index (κ3) is 5.18. The van der Waals surface area contributed by atoms with Crippen molar-refractivity contribution < 1.29 is 32.3 Å². The second-order valence-corrected chi connectivity index (χ2v) is 10.2. The smallest absolute Gasteiger partial charge is 0.369 e. The van der Waals surface area contributed by atoms with Crippen LogP contribution in [0.15, 0.2) is 47.4 Å². The van der Waals surface area contributed by atoms with Gasteiger partial charge in [-0.1, -0.05) is 12.1 Å². The molecule has 0 radical (unpaired) electrons. The molecule has 2 aromatic rings. The fraction of sp³-hybridized carbons (Fsp3) is 0.308. The van der Waals surface area contributed by atoms with Crippen molar-refractivity contribution >= 4 is 46.5 Å². The van der Waals surface area contributed by atoms with Crippen molar-refractivity contribution in [1.82, 2.24) is 15.5 Å². The van der Waals surface area contributed by atoms with Crippen molar-refractivity contribution in [1.29, 1.82) is 0 Å². The van der Waals surface area contributed by atoms with Gasteiger partial charge in [0.25, 0.3) is 23.0 Å². The number of anilines is 1. The van der Waals surface area contributed by atoms with Gasteiger partial charge in [0.15, 0.2) is 0 Å². The van der Waals surface area contributed by atoms with E-state index in [4.69, 9.17) is 0 Å². The molecule has 3 aliphatic heterocycles. The molecule has 2 fully saturated rings. The summed E-state index contributed by atoms with van der Waals surface area (Å²) in [5, 5.41) is 4.94. The lowest BCUT2D eigenvalue weighted by atomic mass is 10.1. The summed E-state index contributed by atoms with van der Waals surface area (Å²) in [4.78, 5) is 51.7. The number of nitrogens with zero attached hydrogens (tertiary/aromatic N) is 2. The minimum absolute atomic E-state index is 0.0394. The average Bonchev–Trinajstić information content (AvgIpc) is 3.54. The van der Waals surface area contributed by atoms with Gasteiger partial charge in [-0.3, -0.25) is 29.4 Å². The Bertz CT molecular complexity index is 1330. The molecular formula is C26H23F3N4O4S. The van der Waals surface area contributed by atoms with Crippen LogP contribution in [-0.4, -0.2) is 60.1 Å². The number of carbonyl (C=O) groups is 4. The number of hydrogen-bond donors (Lipinski definition) is 2. The molecule has 1 atom stereocenters. The Morgan fingerprint density at radius 3 is 2.39 bits per heavy atom. The van der Waals surface area contributed by atoms with Crippen LogP contribution < -0.4 is 15.5 Å². The van der Waals surface area contributed by atoms with Gasteiger partial charge in [0.05, 0.1) is 21.6 Å². The number of rotatable bonds is 7. The van der Waals surface area contributed by atoms with Crippen LogP contribution >= 0.6 is 11.8 Å². The van der Waals surface area contributed by atoms with Crippen LogP contribution in [0.5, 0.6) is 0 Å². The van der Waals surface area contributed by atoms with Crippen LogP contribution in [0.25, 0.3) is 6.08 Å². The van der Waals surface area contributed by atoms with Gasteiger partial charge >= 0.3 is 6.18 Å². The SMILES string of the molecule is O=C1NC(=O)/C(=C\c2cc(C(F)(F)F)ccc2N2CCC(NCCCN3C(=O)c4ccccc4C3=O)C2)S1. The van der Waals surface area contributed by atoms with E-state index in [9.17, 15) is 32.3 Å². The molecule has 0 spiro atoms. The maximum absolute atomic E-state index is 13.4. The highest BCUT2D eigenvalue weighted by atomic mass is 32.2. The van der Waals surface area contributed by atoms with Crippen molar-refractivity contribution in [2.75, 3.05) is 31.1 Å². The maximum atomic E-state index is 13.4. The first-order valence-electron chi connectivity index (χ1n) is 12.0. The van der Waals surface area contributed by atoms with Crippen LogP contribution in [0.1, 0.15) is 44.7 Å². The summed E-state index contributed by atoms with van der Waals surface area (Å²) in [6.07, 6.45) is -1.95. The lowest BCUT2D eigenvalue weighted by molar-refractivity contribution is -0.137. The Balaban J connectivity index is 1.21. The maximum Gasteiger partial charge on any atom is 0.416 e. The lowest BCUT2D eigenvalue weighted by Gasteiger charge is -2.23. The zero-order valence-electron chi connectivity index (χ0n) is 20.0. The molecule has 0 saturated carbocycles. The first-order chi connectivity index (χ1) is 18.1. The van der Waals surface area contributed by atoms with Crippen LogP contribution in [0.3, 0.4) is 0 Å². The standard InChI is InChI=1S/C26H23F3N4O4S/c27-26(28,29)16-6-7-20(15(12-16)13-21-22(34)31-25(37)38-21)32-11-8-17(14-32)30-9-3-10-33-23(35)18-4-1-2-5-19(18)24(33)36/h1-2,4-7,12-13,17,30H,3,8-11,14H2,(H,31,34,37)/b21-13+. The fourth-order valence-electron chi connectivity index (χ4n) is 4.83. The molecule has 4 amide bonds. The fourth-order valence-corrected chi connectivity index (χ4v) is 5.50. The van der Waals surface area contributed by atoms with Crippen molar-refractivity contribution in [2.24, 2.45) is 0 Å². The number of nitrogens with one attached hydrogen (secondary N) is 2. The van der Waals surface area contributed by atoms with Crippen molar-refractivity contribution in [3.05, 3.63) is 69.6 Å². The van der Waals surface area contributed by atoms with E-state index >= 15 is 0 Å². The van der Waals surface area contributed by atoms with Crippen LogP contribution in [-0.2, 0) is 11.0 Å². The average molecular weight is 545 g/mol. The number of alkyl halides is 3. The highest BCUT2D eigenvalue weighted by Crippen LogP contribution is 2.36. The third-order valence-corrected chi connectivity index (χ3v) is 7.49. The Kier molecular flexibility index (Phi) is 7.01. The molecule has 5 rings (SSSR count). The van der Waals surface area contributed by atoms with Crippen molar-refractivity contribution in [3.63, 3.8) is 0 Å². The molecule has 2 N–H and O–H groups in total. The predicted octanol–water partition coefficient (Wildman–Crippen LogP) is 3.88. The molecule has 1 unspecified atom stereocenters. The third-order valence-electron chi connectivity index (χ3n) is 6.68. The molecule has 0 aromatic heterocycles. The molecule has 0 aliphatic carbocycles. The highest BCUT2D eigenvalue weighted by molar-refractivity contribution is 8.18. The quantitative estimate of drug-likeness (QED) is 0.310. The van der Waals surface area contributed by atoms with Crippen LogP contribution in [0.2, 0.25) is 0 Å². The first-order valence-corrected chi connectivity index (χ1v) is 12.8. The first kappa shape index (κ1) is 26.0. The monoisotopic (exact) mass is 544 g/mol. The Hall–Kier alpha value is -3.64. The summed E-state index contributed by atoms with van der Waals surface area (Å²) in [7, 11) is 0. The normalized spacial score (nSPS) is 20.6. The molecular weight excluding hydrogens is 521 g/mol.